The van der Waals surface area contributed by atoms with Gasteiger partial charge in [-0.3, -0.25) is 9.59 Å². The molecule has 1 amide bonds. The minimum absolute atomic E-state index is 0.00512. The number of hydrogen-bond donors (Lipinski definition) is 0. The van der Waals surface area contributed by atoms with E-state index in [9.17, 15) is 9.59 Å². The Morgan fingerprint density at radius 3 is 2.00 bits per heavy atom. The van der Waals surface area contributed by atoms with E-state index in [0.717, 1.165) is 16.7 Å². The Labute approximate surface area is 160 Å². The van der Waals surface area contributed by atoms with Crippen molar-refractivity contribution < 1.29 is 14.3 Å². The summed E-state index contributed by atoms with van der Waals surface area (Å²) in [5, 5.41) is 0. The van der Waals surface area contributed by atoms with Crippen molar-refractivity contribution in [2.75, 3.05) is 0 Å². The number of amides is 1. The highest BCUT2D eigenvalue weighted by atomic mass is 16.5. The molecule has 4 nitrogen and oxygen atoms in total. The zero-order chi connectivity index (χ0) is 19.4. The summed E-state index contributed by atoms with van der Waals surface area (Å²) < 4.78 is 5.63. The summed E-state index contributed by atoms with van der Waals surface area (Å²) >= 11 is 0. The minimum Gasteiger partial charge on any atom is -0.431 e. The summed E-state index contributed by atoms with van der Waals surface area (Å²) in [5.41, 5.74) is 3.04. The summed E-state index contributed by atoms with van der Waals surface area (Å²) in [7, 11) is 0. The first-order valence-electron chi connectivity index (χ1n) is 9.32. The number of ether oxygens (including phenoxy) is 1. The molecular weight excluding hydrogens is 338 g/mol. The highest BCUT2D eigenvalue weighted by molar-refractivity contribution is 5.76. The van der Waals surface area contributed by atoms with Crippen LogP contribution in [-0.2, 0) is 14.3 Å². The molecule has 140 valence electrons. The van der Waals surface area contributed by atoms with Crippen molar-refractivity contribution in [1.82, 2.24) is 4.90 Å². The highest BCUT2D eigenvalue weighted by Crippen LogP contribution is 2.46. The molecule has 2 aromatic carbocycles. The molecule has 1 heterocycles. The number of rotatable bonds is 4. The van der Waals surface area contributed by atoms with Crippen LogP contribution in [0, 0.1) is 0 Å². The van der Waals surface area contributed by atoms with Gasteiger partial charge in [-0.15, -0.1) is 0 Å². The van der Waals surface area contributed by atoms with Gasteiger partial charge in [-0.2, -0.15) is 0 Å². The molecule has 2 atom stereocenters. The van der Waals surface area contributed by atoms with Gasteiger partial charge in [-0.25, -0.2) is 0 Å². The molecule has 0 radical (unpaired) electrons. The third-order valence-electron chi connectivity index (χ3n) is 4.99. The Kier molecular flexibility index (Phi) is 5.75. The summed E-state index contributed by atoms with van der Waals surface area (Å²) in [6, 6.07) is 19.4. The second-order valence-corrected chi connectivity index (χ2v) is 6.77. The average Bonchev–Trinajstić information content (AvgIpc) is 2.67. The van der Waals surface area contributed by atoms with Gasteiger partial charge in [0.05, 0.1) is 12.1 Å². The van der Waals surface area contributed by atoms with E-state index in [0.29, 0.717) is 18.6 Å². The lowest BCUT2D eigenvalue weighted by molar-refractivity contribution is -0.139. The molecule has 0 aromatic heterocycles. The van der Waals surface area contributed by atoms with Crippen LogP contribution in [0.2, 0.25) is 0 Å². The Hall–Kier alpha value is -2.88. The topological polar surface area (TPSA) is 46.6 Å². The summed E-state index contributed by atoms with van der Waals surface area (Å²) in [6.45, 7) is 5.07. The second kappa shape index (κ2) is 8.21. The molecule has 0 unspecified atom stereocenters. The minimum atomic E-state index is -0.328. The normalized spacial score (nSPS) is 19.7. The molecule has 3 rings (SSSR count). The zero-order valence-corrected chi connectivity index (χ0v) is 16.0. The number of benzene rings is 2. The van der Waals surface area contributed by atoms with Gasteiger partial charge < -0.3 is 9.64 Å². The van der Waals surface area contributed by atoms with Gasteiger partial charge in [-0.1, -0.05) is 67.6 Å². The zero-order valence-electron chi connectivity index (χ0n) is 16.0. The van der Waals surface area contributed by atoms with Crippen molar-refractivity contribution in [1.29, 1.82) is 0 Å². The Morgan fingerprint density at radius 2 is 1.52 bits per heavy atom. The van der Waals surface area contributed by atoms with Crippen LogP contribution in [0.4, 0.5) is 0 Å². The standard InChI is InChI=1S/C23H25NO3/c1-4-20-22(27-17(3)26)15-21(18-11-7-5-8-12-18)24(16(2)25)23(20)19-13-9-6-10-14-19/h5-14,21,23H,4,15H2,1-3H3/t21-,23+/m1/s1. The number of esters is 1. The van der Waals surface area contributed by atoms with Gasteiger partial charge in [0.2, 0.25) is 5.91 Å². The maximum absolute atomic E-state index is 12.8. The molecular formula is C23H25NO3. The van der Waals surface area contributed by atoms with Crippen molar-refractivity contribution in [2.45, 2.75) is 45.7 Å². The summed E-state index contributed by atoms with van der Waals surface area (Å²) in [5.74, 6) is 0.363. The first-order valence-corrected chi connectivity index (χ1v) is 9.32. The highest BCUT2D eigenvalue weighted by Gasteiger charge is 2.39. The van der Waals surface area contributed by atoms with Gasteiger partial charge >= 0.3 is 5.97 Å². The van der Waals surface area contributed by atoms with Crippen molar-refractivity contribution in [3.8, 4) is 0 Å². The second-order valence-electron chi connectivity index (χ2n) is 6.77. The maximum Gasteiger partial charge on any atom is 0.307 e. The lowest BCUT2D eigenvalue weighted by Crippen LogP contribution is -2.41. The smallest absolute Gasteiger partial charge is 0.307 e. The van der Waals surface area contributed by atoms with Crippen molar-refractivity contribution >= 4 is 11.9 Å². The van der Waals surface area contributed by atoms with Gasteiger partial charge in [0, 0.05) is 20.3 Å². The molecule has 1 aliphatic heterocycles. The third kappa shape index (κ3) is 3.95. The van der Waals surface area contributed by atoms with Crippen LogP contribution >= 0.6 is 0 Å². The number of carbonyl (C=O) groups is 2. The van der Waals surface area contributed by atoms with Crippen molar-refractivity contribution in [2.24, 2.45) is 0 Å². The SMILES string of the molecule is CCC1=C(OC(C)=O)C[C@H](c2ccccc2)N(C(C)=O)[C@H]1c1ccccc1. The molecule has 0 N–H and O–H groups in total. The van der Waals surface area contributed by atoms with E-state index in [1.165, 1.54) is 6.92 Å². The molecule has 1 aliphatic rings. The van der Waals surface area contributed by atoms with Gasteiger partial charge in [0.25, 0.3) is 0 Å². The van der Waals surface area contributed by atoms with Crippen LogP contribution in [0.15, 0.2) is 72.0 Å². The van der Waals surface area contributed by atoms with Crippen LogP contribution in [-0.4, -0.2) is 16.8 Å². The van der Waals surface area contributed by atoms with E-state index in [1.807, 2.05) is 72.5 Å². The number of hydrogen-bond acceptors (Lipinski definition) is 3. The molecule has 27 heavy (non-hydrogen) atoms. The lowest BCUT2D eigenvalue weighted by Gasteiger charge is -2.44. The van der Waals surface area contributed by atoms with E-state index < -0.39 is 0 Å². The molecule has 0 spiro atoms. The molecule has 0 bridgehead atoms. The Bertz CT molecular complexity index is 842. The Morgan fingerprint density at radius 1 is 0.963 bits per heavy atom. The van der Waals surface area contributed by atoms with Crippen LogP contribution in [0.3, 0.4) is 0 Å². The lowest BCUT2D eigenvalue weighted by atomic mass is 9.84. The predicted molar refractivity (Wildman–Crippen MR) is 105 cm³/mol. The number of carbonyl (C=O) groups excluding carboxylic acids is 2. The molecule has 0 aliphatic carbocycles. The molecule has 4 heteroatoms. The average molecular weight is 363 g/mol. The van der Waals surface area contributed by atoms with Crippen molar-refractivity contribution in [3.63, 3.8) is 0 Å². The molecule has 0 fully saturated rings. The quantitative estimate of drug-likeness (QED) is 0.722. The molecule has 0 saturated heterocycles. The predicted octanol–water partition coefficient (Wildman–Crippen LogP) is 4.95. The van der Waals surface area contributed by atoms with Gasteiger partial charge in [0.15, 0.2) is 0 Å². The fraction of sp³-hybridized carbons (Fsp3) is 0.304. The number of nitrogens with zero attached hydrogens (tertiary/aromatic N) is 1. The first kappa shape index (κ1) is 18.9. The monoisotopic (exact) mass is 363 g/mol. The van der Waals surface area contributed by atoms with Gasteiger partial charge in [-0.05, 0) is 23.1 Å². The van der Waals surface area contributed by atoms with Gasteiger partial charge in [0.1, 0.15) is 5.76 Å². The van der Waals surface area contributed by atoms with Crippen LogP contribution in [0.25, 0.3) is 0 Å². The largest absolute Gasteiger partial charge is 0.431 e. The van der Waals surface area contributed by atoms with Crippen LogP contribution in [0.1, 0.15) is 56.8 Å². The van der Waals surface area contributed by atoms with Crippen LogP contribution < -0.4 is 0 Å². The van der Waals surface area contributed by atoms with E-state index in [1.54, 1.807) is 6.92 Å². The molecule has 2 aromatic rings. The van der Waals surface area contributed by atoms with Crippen LogP contribution in [0.5, 0.6) is 0 Å². The first-order chi connectivity index (χ1) is 13.0. The van der Waals surface area contributed by atoms with E-state index in [4.69, 9.17) is 4.74 Å². The fourth-order valence-electron chi connectivity index (χ4n) is 3.93. The summed E-state index contributed by atoms with van der Waals surface area (Å²) in [4.78, 5) is 26.4. The summed E-state index contributed by atoms with van der Waals surface area (Å²) in [6.07, 6.45) is 1.20. The fourth-order valence-corrected chi connectivity index (χ4v) is 3.93. The van der Waals surface area contributed by atoms with E-state index >= 15 is 0 Å². The van der Waals surface area contributed by atoms with E-state index in [2.05, 4.69) is 0 Å². The third-order valence-corrected chi connectivity index (χ3v) is 4.99. The Balaban J connectivity index is 2.20. The maximum atomic E-state index is 12.8. The van der Waals surface area contributed by atoms with Crippen molar-refractivity contribution in [3.05, 3.63) is 83.1 Å². The molecule has 0 saturated carbocycles. The van der Waals surface area contributed by atoms with E-state index in [-0.39, 0.29) is 24.0 Å².